The Balaban J connectivity index is 1.78. The number of nitriles is 1. The minimum Gasteiger partial charge on any atom is -0.457 e. The van der Waals surface area contributed by atoms with Gasteiger partial charge in [-0.3, -0.25) is 0 Å². The first-order valence-electron chi connectivity index (χ1n) is 8.40. The molecule has 29 heavy (non-hydrogen) atoms. The molecule has 1 aromatic heterocycles. The summed E-state index contributed by atoms with van der Waals surface area (Å²) in [6.45, 7) is 0. The zero-order valence-electron chi connectivity index (χ0n) is 14.7. The Hall–Kier alpha value is -3.76. The molecular weight excluding hydrogens is 399 g/mol. The lowest BCUT2D eigenvalue weighted by molar-refractivity contribution is 0.0701. The van der Waals surface area contributed by atoms with Crippen LogP contribution in [0.4, 0.5) is 4.39 Å². The molecule has 8 heteroatoms. The molecule has 1 atom stereocenters. The molecule has 0 fully saturated rings. The van der Waals surface area contributed by atoms with E-state index in [1.165, 1.54) is 42.7 Å². The molecule has 0 amide bonds. The van der Waals surface area contributed by atoms with Crippen molar-refractivity contribution in [3.05, 3.63) is 94.0 Å². The van der Waals surface area contributed by atoms with E-state index in [4.69, 9.17) is 31.2 Å². The highest BCUT2D eigenvalue weighted by Gasteiger charge is 2.34. The zero-order valence-corrected chi connectivity index (χ0v) is 15.4. The average Bonchev–Trinajstić information content (AvgIpc) is 3.22. The largest absolute Gasteiger partial charge is 0.457 e. The third-order valence-electron chi connectivity index (χ3n) is 4.41. The Kier molecular flexibility index (Phi) is 4.71. The standard InChI is InChI=1S/C21H12ClFN2O4/c22-14-3-1-4-15(23)19(14)18-12-7-6-11(28-21(26)16-5-2-8-27-16)9-17(12)29-20(25)13(18)10-24/h1-9,18H,25H2/t18-/m0/s1. The third kappa shape index (κ3) is 3.30. The van der Waals surface area contributed by atoms with Gasteiger partial charge in [-0.15, -0.1) is 0 Å². The number of ether oxygens (including phenoxy) is 2. The van der Waals surface area contributed by atoms with Crippen molar-refractivity contribution in [2.75, 3.05) is 0 Å². The van der Waals surface area contributed by atoms with Gasteiger partial charge in [-0.05, 0) is 30.3 Å². The molecule has 4 rings (SSSR count). The molecule has 6 nitrogen and oxygen atoms in total. The number of rotatable bonds is 3. The van der Waals surface area contributed by atoms with Crippen molar-refractivity contribution in [2.24, 2.45) is 5.73 Å². The first kappa shape index (κ1) is 18.6. The Labute approximate surface area is 169 Å². The number of nitrogens with two attached hydrogens (primary N) is 1. The molecule has 0 spiro atoms. The van der Waals surface area contributed by atoms with Crippen molar-refractivity contribution in [3.8, 4) is 17.6 Å². The Bertz CT molecular complexity index is 1160. The number of hydrogen-bond acceptors (Lipinski definition) is 6. The van der Waals surface area contributed by atoms with Crippen LogP contribution in [-0.4, -0.2) is 5.97 Å². The summed E-state index contributed by atoms with van der Waals surface area (Å²) in [5.74, 6) is -1.91. The van der Waals surface area contributed by atoms with E-state index in [-0.39, 0.29) is 39.3 Å². The van der Waals surface area contributed by atoms with E-state index in [1.54, 1.807) is 12.1 Å². The summed E-state index contributed by atoms with van der Waals surface area (Å²) in [5, 5.41) is 9.72. The van der Waals surface area contributed by atoms with Gasteiger partial charge in [0.15, 0.2) is 0 Å². The van der Waals surface area contributed by atoms with Gasteiger partial charge in [0.25, 0.3) is 0 Å². The van der Waals surface area contributed by atoms with Crippen LogP contribution in [0, 0.1) is 17.1 Å². The molecule has 1 aliphatic rings. The summed E-state index contributed by atoms with van der Waals surface area (Å²) in [6.07, 6.45) is 1.35. The number of fused-ring (bicyclic) bond motifs is 1. The highest BCUT2D eigenvalue weighted by Crippen LogP contribution is 2.46. The molecule has 144 valence electrons. The quantitative estimate of drug-likeness (QED) is 0.504. The molecule has 2 N–H and O–H groups in total. The van der Waals surface area contributed by atoms with Crippen LogP contribution in [0.2, 0.25) is 5.02 Å². The van der Waals surface area contributed by atoms with E-state index in [0.717, 1.165) is 0 Å². The Morgan fingerprint density at radius 2 is 2.07 bits per heavy atom. The Morgan fingerprint density at radius 1 is 1.24 bits per heavy atom. The molecule has 0 saturated heterocycles. The van der Waals surface area contributed by atoms with E-state index in [1.807, 2.05) is 6.07 Å². The van der Waals surface area contributed by atoms with Crippen molar-refractivity contribution in [1.82, 2.24) is 0 Å². The minimum absolute atomic E-state index is 0.0323. The van der Waals surface area contributed by atoms with Crippen molar-refractivity contribution < 1.29 is 23.1 Å². The number of halogens is 2. The van der Waals surface area contributed by atoms with Gasteiger partial charge in [-0.1, -0.05) is 23.7 Å². The van der Waals surface area contributed by atoms with Crippen molar-refractivity contribution in [3.63, 3.8) is 0 Å². The van der Waals surface area contributed by atoms with Crippen molar-refractivity contribution in [1.29, 1.82) is 5.26 Å². The summed E-state index contributed by atoms with van der Waals surface area (Å²) >= 11 is 6.22. The normalized spacial score (nSPS) is 15.3. The molecule has 0 bridgehead atoms. The van der Waals surface area contributed by atoms with E-state index >= 15 is 0 Å². The maximum atomic E-state index is 14.6. The van der Waals surface area contributed by atoms with Crippen LogP contribution in [0.5, 0.6) is 11.5 Å². The number of nitrogens with zero attached hydrogens (tertiary/aromatic N) is 1. The number of furan rings is 1. The van der Waals surface area contributed by atoms with E-state index in [9.17, 15) is 14.4 Å². The zero-order chi connectivity index (χ0) is 20.5. The smallest absolute Gasteiger partial charge is 0.379 e. The fourth-order valence-corrected chi connectivity index (χ4v) is 3.41. The molecule has 0 unspecified atom stereocenters. The number of allylic oxidation sites excluding steroid dienone is 1. The topological polar surface area (TPSA) is 98.5 Å². The molecule has 2 aromatic carbocycles. The highest BCUT2D eigenvalue weighted by molar-refractivity contribution is 6.31. The van der Waals surface area contributed by atoms with Crippen molar-refractivity contribution >= 4 is 17.6 Å². The minimum atomic E-state index is -0.868. The molecule has 0 aliphatic carbocycles. The second kappa shape index (κ2) is 7.34. The molecule has 2 heterocycles. The van der Waals surface area contributed by atoms with Crippen LogP contribution in [0.1, 0.15) is 27.6 Å². The van der Waals surface area contributed by atoms with E-state index < -0.39 is 17.7 Å². The van der Waals surface area contributed by atoms with Crippen molar-refractivity contribution in [2.45, 2.75) is 5.92 Å². The first-order valence-corrected chi connectivity index (χ1v) is 8.78. The predicted octanol–water partition coefficient (Wildman–Crippen LogP) is 4.51. The SMILES string of the molecule is N#CC1=C(N)Oc2cc(OC(=O)c3ccco3)ccc2[C@@H]1c1c(F)cccc1Cl. The van der Waals surface area contributed by atoms with Crippen LogP contribution in [0.3, 0.4) is 0 Å². The monoisotopic (exact) mass is 410 g/mol. The average molecular weight is 411 g/mol. The number of hydrogen-bond donors (Lipinski definition) is 1. The second-order valence-corrected chi connectivity index (χ2v) is 6.53. The van der Waals surface area contributed by atoms with Crippen LogP contribution < -0.4 is 15.2 Å². The third-order valence-corrected chi connectivity index (χ3v) is 4.74. The maximum absolute atomic E-state index is 14.6. The van der Waals surface area contributed by atoms with Gasteiger partial charge in [-0.25, -0.2) is 9.18 Å². The molecule has 0 radical (unpaired) electrons. The lowest BCUT2D eigenvalue weighted by Gasteiger charge is -2.27. The van der Waals surface area contributed by atoms with Gasteiger partial charge >= 0.3 is 5.97 Å². The molecule has 1 aliphatic heterocycles. The summed E-state index contributed by atoms with van der Waals surface area (Å²) < 4.78 is 30.4. The van der Waals surface area contributed by atoms with E-state index in [2.05, 4.69) is 0 Å². The fraction of sp³-hybridized carbons (Fsp3) is 0.0476. The van der Waals surface area contributed by atoms with Gasteiger partial charge in [0, 0.05) is 22.2 Å². The van der Waals surface area contributed by atoms with E-state index in [0.29, 0.717) is 5.56 Å². The summed E-state index contributed by atoms with van der Waals surface area (Å²) in [7, 11) is 0. The Morgan fingerprint density at radius 3 is 2.76 bits per heavy atom. The number of benzene rings is 2. The fourth-order valence-electron chi connectivity index (χ4n) is 3.13. The van der Waals surface area contributed by atoms with Gasteiger partial charge in [0.05, 0.1) is 12.2 Å². The maximum Gasteiger partial charge on any atom is 0.379 e. The molecule has 3 aromatic rings. The lowest BCUT2D eigenvalue weighted by Crippen LogP contribution is -2.22. The first-order chi connectivity index (χ1) is 14.0. The van der Waals surface area contributed by atoms with Gasteiger partial charge in [0.2, 0.25) is 11.6 Å². The van der Waals surface area contributed by atoms with Crippen LogP contribution in [-0.2, 0) is 0 Å². The number of carbonyl (C=O) groups excluding carboxylic acids is 1. The van der Waals surface area contributed by atoms with Crippen LogP contribution >= 0.6 is 11.6 Å². The number of carbonyl (C=O) groups is 1. The summed E-state index contributed by atoms with van der Waals surface area (Å²) in [5.41, 5.74) is 6.51. The van der Waals surface area contributed by atoms with Gasteiger partial charge in [-0.2, -0.15) is 5.26 Å². The van der Waals surface area contributed by atoms with Gasteiger partial charge in [0.1, 0.15) is 29.0 Å². The number of esters is 1. The summed E-state index contributed by atoms with van der Waals surface area (Å²) in [6, 6.07) is 13.7. The predicted molar refractivity (Wildman–Crippen MR) is 101 cm³/mol. The lowest BCUT2D eigenvalue weighted by atomic mass is 9.83. The second-order valence-electron chi connectivity index (χ2n) is 6.13. The van der Waals surface area contributed by atoms with Gasteiger partial charge < -0.3 is 19.6 Å². The highest BCUT2D eigenvalue weighted by atomic mass is 35.5. The molecular formula is C21H12ClFN2O4. The molecule has 0 saturated carbocycles. The summed E-state index contributed by atoms with van der Waals surface area (Å²) in [4.78, 5) is 12.1. The van der Waals surface area contributed by atoms with Crippen LogP contribution in [0.25, 0.3) is 0 Å². The van der Waals surface area contributed by atoms with Crippen LogP contribution in [0.15, 0.2) is 70.7 Å².